The number of hydrazine groups is 1. The molecule has 6 heteroatoms. The van der Waals surface area contributed by atoms with Gasteiger partial charge in [-0.25, -0.2) is 4.39 Å². The molecule has 0 amide bonds. The molecule has 0 aliphatic heterocycles. The standard InChI is InChI=1S/C13H12Cl2FN3/c14-10-5-8(1-2-12(10)16)6-13(19-17)9-3-4-18-7-11(9)15/h1-5,7,13,19H,6,17H2. The molecule has 0 bridgehead atoms. The van der Waals surface area contributed by atoms with E-state index in [2.05, 4.69) is 10.4 Å². The van der Waals surface area contributed by atoms with E-state index in [0.29, 0.717) is 11.4 Å². The van der Waals surface area contributed by atoms with Gasteiger partial charge in [-0.15, -0.1) is 0 Å². The highest BCUT2D eigenvalue weighted by molar-refractivity contribution is 6.31. The Morgan fingerprint density at radius 2 is 2.05 bits per heavy atom. The predicted octanol–water partition coefficient (Wildman–Crippen LogP) is 3.27. The lowest BCUT2D eigenvalue weighted by Gasteiger charge is -2.17. The molecule has 100 valence electrons. The van der Waals surface area contributed by atoms with E-state index >= 15 is 0 Å². The zero-order chi connectivity index (χ0) is 13.8. The van der Waals surface area contributed by atoms with Gasteiger partial charge in [0.15, 0.2) is 0 Å². The Bertz CT molecular complexity index is 578. The number of aromatic nitrogens is 1. The first-order valence-electron chi connectivity index (χ1n) is 5.61. The normalized spacial score (nSPS) is 12.4. The van der Waals surface area contributed by atoms with Gasteiger partial charge in [0.05, 0.1) is 16.1 Å². The molecule has 2 aromatic rings. The SMILES string of the molecule is NNC(Cc1ccc(F)c(Cl)c1)c1ccncc1Cl. The van der Waals surface area contributed by atoms with Crippen LogP contribution in [0.3, 0.4) is 0 Å². The molecule has 3 nitrogen and oxygen atoms in total. The highest BCUT2D eigenvalue weighted by atomic mass is 35.5. The number of nitrogens with one attached hydrogen (secondary N) is 1. The van der Waals surface area contributed by atoms with Crippen LogP contribution in [0.4, 0.5) is 4.39 Å². The molecule has 1 atom stereocenters. The third-order valence-electron chi connectivity index (χ3n) is 2.80. The zero-order valence-corrected chi connectivity index (χ0v) is 11.4. The van der Waals surface area contributed by atoms with Gasteiger partial charge in [-0.3, -0.25) is 16.3 Å². The van der Waals surface area contributed by atoms with E-state index in [4.69, 9.17) is 29.0 Å². The average molecular weight is 300 g/mol. The van der Waals surface area contributed by atoms with Crippen molar-refractivity contribution in [3.63, 3.8) is 0 Å². The van der Waals surface area contributed by atoms with Crippen molar-refractivity contribution in [1.29, 1.82) is 0 Å². The molecular weight excluding hydrogens is 288 g/mol. The van der Waals surface area contributed by atoms with Crippen LogP contribution >= 0.6 is 23.2 Å². The van der Waals surface area contributed by atoms with Crippen molar-refractivity contribution in [3.05, 3.63) is 63.6 Å². The highest BCUT2D eigenvalue weighted by Gasteiger charge is 2.14. The summed E-state index contributed by atoms with van der Waals surface area (Å²) < 4.78 is 13.1. The Morgan fingerprint density at radius 1 is 1.26 bits per heavy atom. The molecule has 19 heavy (non-hydrogen) atoms. The fourth-order valence-corrected chi connectivity index (χ4v) is 2.28. The van der Waals surface area contributed by atoms with E-state index in [9.17, 15) is 4.39 Å². The number of halogens is 3. The summed E-state index contributed by atoms with van der Waals surface area (Å²) in [6, 6.07) is 6.17. The quantitative estimate of drug-likeness (QED) is 0.673. The molecular formula is C13H12Cl2FN3. The molecule has 2 rings (SSSR count). The summed E-state index contributed by atoms with van der Waals surface area (Å²) in [5.74, 6) is 5.11. The summed E-state index contributed by atoms with van der Waals surface area (Å²) in [6.07, 6.45) is 3.74. The largest absolute Gasteiger partial charge is 0.271 e. The van der Waals surface area contributed by atoms with E-state index in [1.165, 1.54) is 6.07 Å². The van der Waals surface area contributed by atoms with Gasteiger partial charge in [0.1, 0.15) is 5.82 Å². The van der Waals surface area contributed by atoms with Crippen LogP contribution in [0, 0.1) is 5.82 Å². The summed E-state index contributed by atoms with van der Waals surface area (Å²) in [4.78, 5) is 3.92. The van der Waals surface area contributed by atoms with Crippen molar-refractivity contribution in [1.82, 2.24) is 10.4 Å². The Hall–Kier alpha value is -1.20. The first-order valence-corrected chi connectivity index (χ1v) is 6.37. The Morgan fingerprint density at radius 3 is 2.68 bits per heavy atom. The molecule has 0 aliphatic rings. The lowest BCUT2D eigenvalue weighted by atomic mass is 10.0. The first-order chi connectivity index (χ1) is 9.11. The molecule has 0 spiro atoms. The molecule has 1 heterocycles. The minimum atomic E-state index is -0.440. The summed E-state index contributed by atoms with van der Waals surface area (Å²) in [5.41, 5.74) is 4.39. The molecule has 1 unspecified atom stereocenters. The lowest BCUT2D eigenvalue weighted by molar-refractivity contribution is 0.550. The van der Waals surface area contributed by atoms with Gasteiger partial charge in [0.2, 0.25) is 0 Å². The van der Waals surface area contributed by atoms with Crippen molar-refractivity contribution < 1.29 is 4.39 Å². The summed E-state index contributed by atoms with van der Waals surface area (Å²) in [6.45, 7) is 0. The van der Waals surface area contributed by atoms with Gasteiger partial charge >= 0.3 is 0 Å². The van der Waals surface area contributed by atoms with Crippen molar-refractivity contribution in [3.8, 4) is 0 Å². The van der Waals surface area contributed by atoms with E-state index < -0.39 is 5.82 Å². The summed E-state index contributed by atoms with van der Waals surface area (Å²) in [7, 11) is 0. The minimum Gasteiger partial charge on any atom is -0.271 e. The second-order valence-electron chi connectivity index (χ2n) is 4.07. The molecule has 0 aliphatic carbocycles. The van der Waals surface area contributed by atoms with E-state index in [-0.39, 0.29) is 11.1 Å². The van der Waals surface area contributed by atoms with Crippen molar-refractivity contribution in [2.75, 3.05) is 0 Å². The van der Waals surface area contributed by atoms with Gasteiger partial charge in [-0.2, -0.15) is 0 Å². The highest BCUT2D eigenvalue weighted by Crippen LogP contribution is 2.25. The summed E-state index contributed by atoms with van der Waals surface area (Å²) in [5, 5.41) is 0.618. The fraction of sp³-hybridized carbons (Fsp3) is 0.154. The van der Waals surface area contributed by atoms with Gasteiger partial charge in [-0.1, -0.05) is 29.3 Å². The van der Waals surface area contributed by atoms with Crippen molar-refractivity contribution in [2.24, 2.45) is 5.84 Å². The molecule has 3 N–H and O–H groups in total. The number of nitrogens with two attached hydrogens (primary N) is 1. The van der Waals surface area contributed by atoms with Crippen LogP contribution in [-0.2, 0) is 6.42 Å². The van der Waals surface area contributed by atoms with E-state index in [0.717, 1.165) is 11.1 Å². The predicted molar refractivity (Wildman–Crippen MR) is 74.4 cm³/mol. The van der Waals surface area contributed by atoms with E-state index in [1.807, 2.05) is 0 Å². The van der Waals surface area contributed by atoms with Gasteiger partial charge in [0.25, 0.3) is 0 Å². The average Bonchev–Trinajstić information content (AvgIpc) is 2.41. The number of pyridine rings is 1. The van der Waals surface area contributed by atoms with Crippen LogP contribution in [0.15, 0.2) is 36.7 Å². The van der Waals surface area contributed by atoms with Crippen LogP contribution in [0.1, 0.15) is 17.2 Å². The smallest absolute Gasteiger partial charge is 0.141 e. The van der Waals surface area contributed by atoms with Gasteiger partial charge in [-0.05, 0) is 35.7 Å². The second-order valence-corrected chi connectivity index (χ2v) is 4.88. The molecule has 0 radical (unpaired) electrons. The van der Waals surface area contributed by atoms with Gasteiger partial charge < -0.3 is 0 Å². The number of benzene rings is 1. The van der Waals surface area contributed by atoms with E-state index in [1.54, 1.807) is 30.6 Å². The van der Waals surface area contributed by atoms with Crippen LogP contribution in [0.25, 0.3) is 0 Å². The monoisotopic (exact) mass is 299 g/mol. The number of hydrogen-bond acceptors (Lipinski definition) is 3. The number of nitrogens with zero attached hydrogens (tertiary/aromatic N) is 1. The fourth-order valence-electron chi connectivity index (χ4n) is 1.83. The topological polar surface area (TPSA) is 50.9 Å². The molecule has 0 fully saturated rings. The third-order valence-corrected chi connectivity index (χ3v) is 3.41. The molecule has 1 aromatic carbocycles. The Balaban J connectivity index is 2.24. The van der Waals surface area contributed by atoms with Gasteiger partial charge in [0, 0.05) is 12.4 Å². The third kappa shape index (κ3) is 3.42. The zero-order valence-electron chi connectivity index (χ0n) is 9.91. The molecule has 1 aromatic heterocycles. The molecule has 0 saturated carbocycles. The number of rotatable bonds is 4. The molecule has 0 saturated heterocycles. The maximum absolute atomic E-state index is 13.1. The Kier molecular flexibility index (Phi) is 4.71. The first kappa shape index (κ1) is 14.2. The van der Waals surface area contributed by atoms with Crippen LogP contribution in [-0.4, -0.2) is 4.98 Å². The number of hydrogen-bond donors (Lipinski definition) is 2. The van der Waals surface area contributed by atoms with Crippen molar-refractivity contribution in [2.45, 2.75) is 12.5 Å². The van der Waals surface area contributed by atoms with Crippen LogP contribution in [0.2, 0.25) is 10.0 Å². The maximum atomic E-state index is 13.1. The van der Waals surface area contributed by atoms with Crippen LogP contribution in [0.5, 0.6) is 0 Å². The van der Waals surface area contributed by atoms with Crippen LogP contribution < -0.4 is 11.3 Å². The van der Waals surface area contributed by atoms with Crippen molar-refractivity contribution >= 4 is 23.2 Å². The lowest BCUT2D eigenvalue weighted by Crippen LogP contribution is -2.29. The second kappa shape index (κ2) is 6.30. The Labute approximate surface area is 120 Å². The summed E-state index contributed by atoms with van der Waals surface area (Å²) >= 11 is 11.8. The maximum Gasteiger partial charge on any atom is 0.141 e. The minimum absolute atomic E-state index is 0.0918.